The van der Waals surface area contributed by atoms with E-state index in [0.29, 0.717) is 5.71 Å². The normalized spacial score (nSPS) is 12.3. The fourth-order valence-corrected chi connectivity index (χ4v) is 1.29. The van der Waals surface area contributed by atoms with E-state index in [2.05, 4.69) is 10.1 Å². The van der Waals surface area contributed by atoms with E-state index >= 15 is 0 Å². The summed E-state index contributed by atoms with van der Waals surface area (Å²) in [5.41, 5.74) is 2.34. The summed E-state index contributed by atoms with van der Waals surface area (Å²) in [4.78, 5) is 3.43. The number of nitrogens with one attached hydrogen (secondary N) is 1. The maximum Gasteiger partial charge on any atom is 0.451 e. The van der Waals surface area contributed by atoms with E-state index in [4.69, 9.17) is 23.2 Å². The lowest BCUT2D eigenvalue weighted by molar-refractivity contribution is -0.0617. The van der Waals surface area contributed by atoms with Crippen LogP contribution in [-0.2, 0) is 0 Å². The minimum Gasteiger partial charge on any atom is -0.257 e. The second-order valence-corrected chi connectivity index (χ2v) is 4.54. The predicted octanol–water partition coefficient (Wildman–Crippen LogP) is 4.57. The van der Waals surface area contributed by atoms with Gasteiger partial charge in [-0.3, -0.25) is 5.43 Å². The van der Waals surface area contributed by atoms with Crippen LogP contribution in [0.4, 0.5) is 18.9 Å². The Bertz CT molecular complexity index is 520. The number of hydrogen-bond donors (Lipinski definition) is 1. The monoisotopic (exact) mass is 311 g/mol. The van der Waals surface area contributed by atoms with Gasteiger partial charge in [0, 0.05) is 5.71 Å². The highest BCUT2D eigenvalue weighted by Crippen LogP contribution is 2.28. The summed E-state index contributed by atoms with van der Waals surface area (Å²) in [6.45, 7) is 3.11. The van der Waals surface area contributed by atoms with Crippen molar-refractivity contribution in [3.8, 4) is 0 Å². The first-order valence-electron chi connectivity index (χ1n) is 5.08. The molecule has 19 heavy (non-hydrogen) atoms. The molecule has 0 aromatic heterocycles. The predicted molar refractivity (Wildman–Crippen MR) is 71.5 cm³/mol. The summed E-state index contributed by atoms with van der Waals surface area (Å²) in [5.74, 6) is -1.23. The Balaban J connectivity index is 3.12. The summed E-state index contributed by atoms with van der Waals surface area (Å²) in [7, 11) is 0. The topological polar surface area (TPSA) is 36.8 Å². The van der Waals surface area contributed by atoms with Crippen LogP contribution in [0.2, 0.25) is 10.0 Å². The van der Waals surface area contributed by atoms with Crippen molar-refractivity contribution < 1.29 is 13.2 Å². The number of hydrogen-bond acceptors (Lipinski definition) is 2. The van der Waals surface area contributed by atoms with Crippen LogP contribution >= 0.6 is 23.2 Å². The molecule has 0 aliphatic rings. The molecule has 1 aromatic carbocycles. The standard InChI is InChI=1S/C11H10Cl2F3N3/c1-6(2)18-19-10(11(14,15)16)17-7-3-4-8(12)9(13)5-7/h3-5H,1-2H3,(H,17,19). The number of hydrazone groups is 1. The number of alkyl halides is 3. The molecule has 0 heterocycles. The molecule has 0 spiro atoms. The third kappa shape index (κ3) is 5.08. The van der Waals surface area contributed by atoms with Crippen molar-refractivity contribution in [2.75, 3.05) is 0 Å². The Labute approximate surface area is 118 Å². The Morgan fingerprint density at radius 2 is 1.79 bits per heavy atom. The van der Waals surface area contributed by atoms with Crippen molar-refractivity contribution in [2.24, 2.45) is 10.1 Å². The summed E-state index contributed by atoms with van der Waals surface area (Å²) in [6.07, 6.45) is -4.65. The van der Waals surface area contributed by atoms with E-state index in [1.807, 2.05) is 5.43 Å². The number of amidine groups is 1. The molecule has 0 fully saturated rings. The molecule has 0 unspecified atom stereocenters. The van der Waals surface area contributed by atoms with Crippen molar-refractivity contribution in [3.63, 3.8) is 0 Å². The van der Waals surface area contributed by atoms with Gasteiger partial charge in [0.15, 0.2) is 0 Å². The summed E-state index contributed by atoms with van der Waals surface area (Å²) in [5, 5.41) is 3.85. The van der Waals surface area contributed by atoms with Crippen LogP contribution in [0.25, 0.3) is 0 Å². The second-order valence-electron chi connectivity index (χ2n) is 3.73. The van der Waals surface area contributed by atoms with E-state index in [9.17, 15) is 13.2 Å². The lowest BCUT2D eigenvalue weighted by Gasteiger charge is -2.10. The van der Waals surface area contributed by atoms with Gasteiger partial charge in [-0.1, -0.05) is 23.2 Å². The quantitative estimate of drug-likeness (QED) is 0.485. The first-order valence-corrected chi connectivity index (χ1v) is 5.83. The summed E-state index contributed by atoms with van der Waals surface area (Å²) in [6, 6.07) is 3.93. The van der Waals surface area contributed by atoms with Crippen LogP contribution in [0.15, 0.2) is 28.3 Å². The smallest absolute Gasteiger partial charge is 0.257 e. The van der Waals surface area contributed by atoms with E-state index < -0.39 is 12.0 Å². The van der Waals surface area contributed by atoms with Crippen molar-refractivity contribution in [2.45, 2.75) is 20.0 Å². The average Bonchev–Trinajstić information content (AvgIpc) is 2.27. The Morgan fingerprint density at radius 1 is 1.16 bits per heavy atom. The number of benzene rings is 1. The van der Waals surface area contributed by atoms with E-state index in [1.165, 1.54) is 18.2 Å². The van der Waals surface area contributed by atoms with Crippen molar-refractivity contribution >= 4 is 40.4 Å². The fourth-order valence-electron chi connectivity index (χ4n) is 1.00. The molecule has 0 saturated heterocycles. The number of aliphatic imine (C=N–C) groups is 1. The molecule has 1 aromatic rings. The Morgan fingerprint density at radius 3 is 2.26 bits per heavy atom. The lowest BCUT2D eigenvalue weighted by Crippen LogP contribution is -2.34. The molecule has 0 saturated carbocycles. The fraction of sp³-hybridized carbons (Fsp3) is 0.273. The molecule has 8 heteroatoms. The van der Waals surface area contributed by atoms with Crippen molar-refractivity contribution in [1.82, 2.24) is 5.43 Å². The van der Waals surface area contributed by atoms with Crippen molar-refractivity contribution in [3.05, 3.63) is 28.2 Å². The van der Waals surface area contributed by atoms with Gasteiger partial charge in [0.25, 0.3) is 0 Å². The minimum atomic E-state index is -4.65. The average molecular weight is 312 g/mol. The third-order valence-corrected chi connectivity index (χ3v) is 2.54. The summed E-state index contributed by atoms with van der Waals surface area (Å²) < 4.78 is 38.1. The number of halogens is 5. The van der Waals surface area contributed by atoms with Gasteiger partial charge in [-0.15, -0.1) is 0 Å². The molecule has 0 radical (unpaired) electrons. The second kappa shape index (κ2) is 6.25. The minimum absolute atomic E-state index is 0.0261. The van der Waals surface area contributed by atoms with Gasteiger partial charge in [0.1, 0.15) is 0 Å². The molecule has 0 aliphatic carbocycles. The number of rotatable bonds is 2. The van der Waals surface area contributed by atoms with Crippen molar-refractivity contribution in [1.29, 1.82) is 0 Å². The molecule has 1 N–H and O–H groups in total. The van der Waals surface area contributed by atoms with Crippen LogP contribution in [0, 0.1) is 0 Å². The highest BCUT2D eigenvalue weighted by Gasteiger charge is 2.36. The van der Waals surface area contributed by atoms with E-state index in [0.717, 1.165) is 0 Å². The van der Waals surface area contributed by atoms with Gasteiger partial charge in [-0.05, 0) is 32.0 Å². The Hall–Kier alpha value is -1.27. The van der Waals surface area contributed by atoms with E-state index in [1.54, 1.807) is 13.8 Å². The molecule has 1 rings (SSSR count). The SMILES string of the molecule is CC(C)=NNC(=Nc1ccc(Cl)c(Cl)c1)C(F)(F)F. The maximum absolute atomic E-state index is 12.7. The molecular weight excluding hydrogens is 302 g/mol. The van der Waals surface area contributed by atoms with Gasteiger partial charge in [-0.2, -0.15) is 18.3 Å². The van der Waals surface area contributed by atoms with Crippen LogP contribution < -0.4 is 5.43 Å². The first kappa shape index (κ1) is 15.8. The molecule has 0 atom stereocenters. The molecular formula is C11H10Cl2F3N3. The van der Waals surface area contributed by atoms with Gasteiger partial charge in [0.2, 0.25) is 5.84 Å². The van der Waals surface area contributed by atoms with Gasteiger partial charge in [0.05, 0.1) is 15.7 Å². The highest BCUT2D eigenvalue weighted by molar-refractivity contribution is 6.42. The summed E-state index contributed by atoms with van der Waals surface area (Å²) >= 11 is 11.4. The highest BCUT2D eigenvalue weighted by atomic mass is 35.5. The van der Waals surface area contributed by atoms with Crippen LogP contribution in [-0.4, -0.2) is 17.7 Å². The lowest BCUT2D eigenvalue weighted by atomic mass is 10.3. The first-order chi connectivity index (χ1) is 8.70. The van der Waals surface area contributed by atoms with Crippen LogP contribution in [0.1, 0.15) is 13.8 Å². The van der Waals surface area contributed by atoms with Crippen LogP contribution in [0.5, 0.6) is 0 Å². The molecule has 104 valence electrons. The Kier molecular flexibility index (Phi) is 5.20. The molecule has 0 aliphatic heterocycles. The zero-order valence-corrected chi connectivity index (χ0v) is 11.5. The largest absolute Gasteiger partial charge is 0.451 e. The van der Waals surface area contributed by atoms with Gasteiger partial charge < -0.3 is 0 Å². The van der Waals surface area contributed by atoms with Crippen LogP contribution in [0.3, 0.4) is 0 Å². The molecule has 0 amide bonds. The zero-order valence-electron chi connectivity index (χ0n) is 10.0. The molecule has 3 nitrogen and oxygen atoms in total. The molecule has 0 bridgehead atoms. The van der Waals surface area contributed by atoms with Gasteiger partial charge >= 0.3 is 6.18 Å². The third-order valence-electron chi connectivity index (χ3n) is 1.80. The number of nitrogens with zero attached hydrogens (tertiary/aromatic N) is 2. The van der Waals surface area contributed by atoms with Gasteiger partial charge in [-0.25, -0.2) is 4.99 Å². The zero-order chi connectivity index (χ0) is 14.6. The van der Waals surface area contributed by atoms with E-state index in [-0.39, 0.29) is 15.7 Å². The maximum atomic E-state index is 12.7.